The van der Waals surface area contributed by atoms with E-state index in [1.165, 1.54) is 6.92 Å². The van der Waals surface area contributed by atoms with Gasteiger partial charge < -0.3 is 10.1 Å². The predicted molar refractivity (Wildman–Crippen MR) is 103 cm³/mol. The molecule has 0 radical (unpaired) electrons. The number of anilines is 1. The Morgan fingerprint density at radius 3 is 2.50 bits per heavy atom. The smallest absolute Gasteiger partial charge is 0.307 e. The standard InChI is InChI=1S/C19H20ClNO4S/c1-11-10-14(13(3)26-11)17(22)8-9-18(23)25-12(2)19(24)21-16-7-5-4-6-15(16)20/h4-7,10,12H,8-9H2,1-3H3,(H,21,24). The summed E-state index contributed by atoms with van der Waals surface area (Å²) in [6.07, 6.45) is -1.01. The zero-order valence-corrected chi connectivity index (χ0v) is 16.4. The highest BCUT2D eigenvalue weighted by Gasteiger charge is 2.20. The van der Waals surface area contributed by atoms with Gasteiger partial charge in [0.25, 0.3) is 5.91 Å². The van der Waals surface area contributed by atoms with Crippen molar-refractivity contribution in [1.29, 1.82) is 0 Å². The van der Waals surface area contributed by atoms with Gasteiger partial charge in [0.15, 0.2) is 11.9 Å². The lowest BCUT2D eigenvalue weighted by atomic mass is 10.1. The summed E-state index contributed by atoms with van der Waals surface area (Å²) >= 11 is 7.52. The van der Waals surface area contributed by atoms with E-state index in [2.05, 4.69) is 5.32 Å². The fourth-order valence-corrected chi connectivity index (χ4v) is 3.49. The molecule has 7 heteroatoms. The van der Waals surface area contributed by atoms with E-state index >= 15 is 0 Å². The van der Waals surface area contributed by atoms with Gasteiger partial charge in [-0.25, -0.2) is 0 Å². The zero-order chi connectivity index (χ0) is 19.3. The van der Waals surface area contributed by atoms with Crippen LogP contribution in [-0.4, -0.2) is 23.8 Å². The first-order valence-corrected chi connectivity index (χ1v) is 9.32. The number of benzene rings is 1. The lowest BCUT2D eigenvalue weighted by molar-refractivity contribution is -0.153. The SMILES string of the molecule is Cc1cc(C(=O)CCC(=O)OC(C)C(=O)Nc2ccccc2Cl)c(C)s1. The number of esters is 1. The summed E-state index contributed by atoms with van der Waals surface area (Å²) < 4.78 is 5.10. The number of amides is 1. The zero-order valence-electron chi connectivity index (χ0n) is 14.8. The van der Waals surface area contributed by atoms with E-state index in [1.54, 1.807) is 35.6 Å². The highest BCUT2D eigenvalue weighted by molar-refractivity contribution is 7.12. The average molecular weight is 394 g/mol. The quantitative estimate of drug-likeness (QED) is 0.553. The molecule has 0 saturated heterocycles. The Morgan fingerprint density at radius 1 is 1.19 bits per heavy atom. The third-order valence-electron chi connectivity index (χ3n) is 3.71. The number of hydrogen-bond donors (Lipinski definition) is 1. The normalized spacial score (nSPS) is 11.7. The second kappa shape index (κ2) is 8.96. The summed E-state index contributed by atoms with van der Waals surface area (Å²) in [6, 6.07) is 8.60. The van der Waals surface area contributed by atoms with Gasteiger partial charge in [-0.15, -0.1) is 11.3 Å². The lowest BCUT2D eigenvalue weighted by Crippen LogP contribution is -2.30. The van der Waals surface area contributed by atoms with Crippen molar-refractivity contribution in [1.82, 2.24) is 0 Å². The van der Waals surface area contributed by atoms with Gasteiger partial charge in [-0.05, 0) is 39.0 Å². The highest BCUT2D eigenvalue weighted by Crippen LogP contribution is 2.23. The third kappa shape index (κ3) is 5.41. The number of para-hydroxylation sites is 1. The average Bonchev–Trinajstić information content (AvgIpc) is 2.93. The summed E-state index contributed by atoms with van der Waals surface area (Å²) in [4.78, 5) is 38.2. The molecule has 0 fully saturated rings. The lowest BCUT2D eigenvalue weighted by Gasteiger charge is -2.14. The largest absolute Gasteiger partial charge is 0.453 e. The van der Waals surface area contributed by atoms with Crippen LogP contribution in [0.4, 0.5) is 5.69 Å². The third-order valence-corrected chi connectivity index (χ3v) is 5.00. The summed E-state index contributed by atoms with van der Waals surface area (Å²) in [6.45, 7) is 5.28. The maximum atomic E-state index is 12.2. The summed E-state index contributed by atoms with van der Waals surface area (Å²) in [5.74, 6) is -1.18. The number of carbonyl (C=O) groups is 3. The van der Waals surface area contributed by atoms with E-state index in [0.29, 0.717) is 16.3 Å². The Labute approximate surface area is 161 Å². The molecular weight excluding hydrogens is 374 g/mol. The van der Waals surface area contributed by atoms with Crippen molar-refractivity contribution in [3.8, 4) is 0 Å². The summed E-state index contributed by atoms with van der Waals surface area (Å²) in [5, 5.41) is 3.00. The van der Waals surface area contributed by atoms with Crippen LogP contribution in [0.5, 0.6) is 0 Å². The molecule has 2 aromatic rings. The van der Waals surface area contributed by atoms with Gasteiger partial charge in [0.1, 0.15) is 0 Å². The van der Waals surface area contributed by atoms with Gasteiger partial charge in [0.05, 0.1) is 17.1 Å². The van der Waals surface area contributed by atoms with Crippen molar-refractivity contribution in [3.63, 3.8) is 0 Å². The number of ether oxygens (including phenoxy) is 1. The molecule has 0 aliphatic carbocycles. The van der Waals surface area contributed by atoms with Crippen LogP contribution >= 0.6 is 22.9 Å². The Kier molecular flexibility index (Phi) is 6.94. The molecule has 0 aliphatic rings. The molecule has 0 aliphatic heterocycles. The molecule has 1 aromatic carbocycles. The Morgan fingerprint density at radius 2 is 1.88 bits per heavy atom. The molecule has 2 rings (SSSR count). The number of hydrogen-bond acceptors (Lipinski definition) is 5. The molecule has 1 amide bonds. The molecule has 1 atom stereocenters. The van der Waals surface area contributed by atoms with Gasteiger partial charge in [0.2, 0.25) is 0 Å². The van der Waals surface area contributed by atoms with Crippen LogP contribution in [0.2, 0.25) is 5.02 Å². The fourth-order valence-electron chi connectivity index (χ4n) is 2.36. The number of rotatable bonds is 7. The van der Waals surface area contributed by atoms with Crippen molar-refractivity contribution in [2.45, 2.75) is 39.7 Å². The van der Waals surface area contributed by atoms with Crippen LogP contribution in [0.1, 0.15) is 39.9 Å². The van der Waals surface area contributed by atoms with E-state index in [1.807, 2.05) is 19.9 Å². The maximum Gasteiger partial charge on any atom is 0.307 e. The molecular formula is C19H20ClNO4S. The van der Waals surface area contributed by atoms with E-state index in [4.69, 9.17) is 16.3 Å². The van der Waals surface area contributed by atoms with E-state index in [-0.39, 0.29) is 18.6 Å². The van der Waals surface area contributed by atoms with Crippen molar-refractivity contribution >= 4 is 46.3 Å². The van der Waals surface area contributed by atoms with Crippen LogP contribution < -0.4 is 5.32 Å². The first-order chi connectivity index (χ1) is 12.3. The first-order valence-electron chi connectivity index (χ1n) is 8.13. The second-order valence-electron chi connectivity index (χ2n) is 5.85. The topological polar surface area (TPSA) is 72.5 Å². The molecule has 0 bridgehead atoms. The highest BCUT2D eigenvalue weighted by atomic mass is 35.5. The molecule has 1 heterocycles. The molecule has 1 N–H and O–H groups in total. The predicted octanol–water partition coefficient (Wildman–Crippen LogP) is 4.55. The first kappa shape index (κ1) is 20.1. The van der Waals surface area contributed by atoms with Crippen LogP contribution in [0.3, 0.4) is 0 Å². The number of carbonyl (C=O) groups excluding carboxylic acids is 3. The minimum Gasteiger partial charge on any atom is -0.453 e. The maximum absolute atomic E-state index is 12.2. The number of ketones is 1. The number of nitrogens with one attached hydrogen (secondary N) is 1. The van der Waals surface area contributed by atoms with E-state index in [9.17, 15) is 14.4 Å². The van der Waals surface area contributed by atoms with Gasteiger partial charge >= 0.3 is 5.97 Å². The Balaban J connectivity index is 1.83. The van der Waals surface area contributed by atoms with Crippen molar-refractivity contribution in [2.75, 3.05) is 5.32 Å². The Hall–Kier alpha value is -2.18. The second-order valence-corrected chi connectivity index (χ2v) is 7.72. The fraction of sp³-hybridized carbons (Fsp3) is 0.316. The van der Waals surface area contributed by atoms with Crippen molar-refractivity contribution < 1.29 is 19.1 Å². The van der Waals surface area contributed by atoms with Gasteiger partial charge in [-0.2, -0.15) is 0 Å². The number of Topliss-reactive ketones (excluding diaryl/α,β-unsaturated/α-hetero) is 1. The van der Waals surface area contributed by atoms with Crippen LogP contribution in [-0.2, 0) is 14.3 Å². The molecule has 0 spiro atoms. The van der Waals surface area contributed by atoms with Gasteiger partial charge in [0, 0.05) is 21.7 Å². The number of halogens is 1. The van der Waals surface area contributed by atoms with Crippen molar-refractivity contribution in [3.05, 3.63) is 50.7 Å². The summed E-state index contributed by atoms with van der Waals surface area (Å²) in [7, 11) is 0. The van der Waals surface area contributed by atoms with Crippen LogP contribution in [0.25, 0.3) is 0 Å². The molecule has 5 nitrogen and oxygen atoms in total. The summed E-state index contributed by atoms with van der Waals surface area (Å²) in [5.41, 5.74) is 1.09. The van der Waals surface area contributed by atoms with Crippen molar-refractivity contribution in [2.24, 2.45) is 0 Å². The molecule has 1 unspecified atom stereocenters. The van der Waals surface area contributed by atoms with Crippen LogP contribution in [0.15, 0.2) is 30.3 Å². The van der Waals surface area contributed by atoms with E-state index in [0.717, 1.165) is 9.75 Å². The monoisotopic (exact) mass is 393 g/mol. The van der Waals surface area contributed by atoms with Gasteiger partial charge in [-0.1, -0.05) is 23.7 Å². The molecule has 0 saturated carbocycles. The Bertz CT molecular complexity index is 831. The van der Waals surface area contributed by atoms with Gasteiger partial charge in [-0.3, -0.25) is 14.4 Å². The van der Waals surface area contributed by atoms with Crippen LogP contribution in [0, 0.1) is 13.8 Å². The number of thiophene rings is 1. The minimum atomic E-state index is -0.987. The van der Waals surface area contributed by atoms with E-state index < -0.39 is 18.0 Å². The molecule has 26 heavy (non-hydrogen) atoms. The number of aryl methyl sites for hydroxylation is 2. The minimum absolute atomic E-state index is 0.0503. The molecule has 1 aromatic heterocycles. The molecule has 138 valence electrons.